The summed E-state index contributed by atoms with van der Waals surface area (Å²) in [5.41, 5.74) is 0. The van der Waals surface area contributed by atoms with E-state index >= 15 is 0 Å². The molecule has 2 saturated heterocycles. The number of nitrogens with one attached hydrogen (secondary N) is 1. The van der Waals surface area contributed by atoms with Gasteiger partial charge in [-0.15, -0.1) is 0 Å². The molecule has 0 saturated carbocycles. The van der Waals surface area contributed by atoms with E-state index in [4.69, 9.17) is 0 Å². The Hall–Kier alpha value is -2.12. The maximum absolute atomic E-state index is 12.9. The van der Waals surface area contributed by atoms with Gasteiger partial charge in [-0.1, -0.05) is 43.3 Å². The first-order chi connectivity index (χ1) is 16.2. The highest BCUT2D eigenvalue weighted by Gasteiger charge is 2.28. The smallest absolute Gasteiger partial charge is 0.224 e. The fourth-order valence-corrected chi connectivity index (χ4v) is 5.95. The van der Waals surface area contributed by atoms with Crippen LogP contribution in [0.25, 0.3) is 0 Å². The number of rotatable bonds is 9. The van der Waals surface area contributed by atoms with Crippen LogP contribution in [-0.2, 0) is 4.79 Å². The number of benzene rings is 1. The predicted molar refractivity (Wildman–Crippen MR) is 135 cm³/mol. The van der Waals surface area contributed by atoms with Crippen LogP contribution < -0.4 is 10.2 Å². The van der Waals surface area contributed by atoms with E-state index in [0.717, 1.165) is 60.7 Å². The van der Waals surface area contributed by atoms with Gasteiger partial charge in [0.25, 0.3) is 0 Å². The van der Waals surface area contributed by atoms with Gasteiger partial charge in [0.1, 0.15) is 5.03 Å². The van der Waals surface area contributed by atoms with Crippen LogP contribution in [0.3, 0.4) is 0 Å². The zero-order valence-electron chi connectivity index (χ0n) is 19.8. The quantitative estimate of drug-likeness (QED) is 0.543. The Morgan fingerprint density at radius 1 is 1.09 bits per heavy atom. The van der Waals surface area contributed by atoms with Gasteiger partial charge < -0.3 is 15.1 Å². The maximum atomic E-state index is 12.9. The Morgan fingerprint density at radius 3 is 2.79 bits per heavy atom. The molecule has 2 atom stereocenters. The van der Waals surface area contributed by atoms with Crippen molar-refractivity contribution in [1.82, 2.24) is 20.2 Å². The molecule has 7 heteroatoms. The first-order valence-electron chi connectivity index (χ1n) is 12.5. The molecule has 0 spiro atoms. The first-order valence-corrected chi connectivity index (χ1v) is 13.4. The Balaban J connectivity index is 1.28. The van der Waals surface area contributed by atoms with Crippen molar-refractivity contribution in [3.05, 3.63) is 42.7 Å². The molecule has 4 rings (SSSR count). The third kappa shape index (κ3) is 6.70. The minimum Gasteiger partial charge on any atom is -0.356 e. The van der Waals surface area contributed by atoms with E-state index in [0.29, 0.717) is 6.54 Å². The zero-order valence-corrected chi connectivity index (χ0v) is 20.6. The summed E-state index contributed by atoms with van der Waals surface area (Å²) >= 11 is 1.63. The molecule has 1 N–H and O–H groups in total. The van der Waals surface area contributed by atoms with E-state index in [1.807, 2.05) is 18.2 Å². The minimum atomic E-state index is 0.00806. The van der Waals surface area contributed by atoms with Crippen molar-refractivity contribution >= 4 is 23.5 Å². The lowest BCUT2D eigenvalue weighted by atomic mass is 9.97. The molecular formula is C26H37N5OS. The number of likely N-dealkylation sites (tertiary alicyclic amines) is 1. The first kappa shape index (κ1) is 24.0. The Labute approximate surface area is 202 Å². The highest BCUT2D eigenvalue weighted by molar-refractivity contribution is 7.99. The van der Waals surface area contributed by atoms with Gasteiger partial charge in [0.05, 0.1) is 5.92 Å². The number of carbonyl (C=O) groups excluding carboxylic acids is 1. The largest absolute Gasteiger partial charge is 0.356 e. The second-order valence-electron chi connectivity index (χ2n) is 9.12. The van der Waals surface area contributed by atoms with E-state index in [-0.39, 0.29) is 11.8 Å². The van der Waals surface area contributed by atoms with Crippen LogP contribution in [0.15, 0.2) is 52.6 Å². The van der Waals surface area contributed by atoms with Crippen molar-refractivity contribution in [2.75, 3.05) is 37.6 Å². The second kappa shape index (κ2) is 12.4. The Bertz CT molecular complexity index is 880. The van der Waals surface area contributed by atoms with Crippen molar-refractivity contribution < 1.29 is 4.79 Å². The molecule has 2 aromatic rings. The summed E-state index contributed by atoms with van der Waals surface area (Å²) in [4.78, 5) is 28.2. The van der Waals surface area contributed by atoms with Crippen molar-refractivity contribution in [2.45, 2.75) is 67.8 Å². The molecule has 2 aliphatic rings. The molecule has 0 aliphatic carbocycles. The zero-order chi connectivity index (χ0) is 22.9. The van der Waals surface area contributed by atoms with Crippen LogP contribution >= 0.6 is 11.8 Å². The van der Waals surface area contributed by atoms with Crippen molar-refractivity contribution in [3.63, 3.8) is 0 Å². The minimum absolute atomic E-state index is 0.00806. The van der Waals surface area contributed by atoms with E-state index in [1.54, 1.807) is 24.2 Å². The molecule has 2 aliphatic heterocycles. The number of carbonyl (C=O) groups is 1. The normalized spacial score (nSPS) is 21.7. The van der Waals surface area contributed by atoms with E-state index in [9.17, 15) is 4.79 Å². The van der Waals surface area contributed by atoms with Gasteiger partial charge in [-0.3, -0.25) is 4.79 Å². The van der Waals surface area contributed by atoms with Gasteiger partial charge in [-0.05, 0) is 57.2 Å². The molecule has 0 unspecified atom stereocenters. The summed E-state index contributed by atoms with van der Waals surface area (Å²) in [5.74, 6) is 1.08. The summed E-state index contributed by atoms with van der Waals surface area (Å²) in [7, 11) is 0. The molecule has 178 valence electrons. The van der Waals surface area contributed by atoms with E-state index in [1.165, 1.54) is 32.2 Å². The van der Waals surface area contributed by atoms with Crippen molar-refractivity contribution in [1.29, 1.82) is 0 Å². The average molecular weight is 468 g/mol. The molecule has 1 aromatic heterocycles. The predicted octanol–water partition coefficient (Wildman–Crippen LogP) is 4.62. The fraction of sp³-hybridized carbons (Fsp3) is 0.577. The number of anilines is 1. The second-order valence-corrected chi connectivity index (χ2v) is 10.2. The fourth-order valence-electron chi connectivity index (χ4n) is 5.05. The maximum Gasteiger partial charge on any atom is 0.224 e. The number of hydrogen-bond donors (Lipinski definition) is 1. The Morgan fingerprint density at radius 2 is 1.94 bits per heavy atom. The summed E-state index contributed by atoms with van der Waals surface area (Å²) in [6.07, 6.45) is 11.7. The van der Waals surface area contributed by atoms with Crippen LogP contribution in [-0.4, -0.2) is 59.5 Å². The molecular weight excluding hydrogens is 430 g/mol. The molecule has 3 heterocycles. The van der Waals surface area contributed by atoms with Crippen LogP contribution in [0, 0.1) is 5.92 Å². The van der Waals surface area contributed by atoms with Gasteiger partial charge in [-0.25, -0.2) is 9.97 Å². The summed E-state index contributed by atoms with van der Waals surface area (Å²) in [5, 5.41) is 4.12. The number of aromatic nitrogens is 2. The lowest BCUT2D eigenvalue weighted by Gasteiger charge is -2.35. The van der Waals surface area contributed by atoms with Gasteiger partial charge in [0.15, 0.2) is 5.82 Å². The van der Waals surface area contributed by atoms with Crippen molar-refractivity contribution in [3.8, 4) is 0 Å². The Kier molecular flexibility index (Phi) is 9.01. The van der Waals surface area contributed by atoms with Crippen LogP contribution in [0.2, 0.25) is 0 Å². The standard InChI is InChI=1S/C26H37N5OS/c1-2-22-11-6-7-17-30(22)19-9-14-28-25(32)21-10-8-18-31(20-21)24-26(29-16-15-27-24)33-23-12-4-3-5-13-23/h3-5,12-13,15-16,21-22H,2,6-11,14,17-20H2,1H3,(H,28,32)/t21-,22+/m0/s1. The highest BCUT2D eigenvalue weighted by atomic mass is 32.2. The number of piperidine rings is 2. The van der Waals surface area contributed by atoms with Crippen molar-refractivity contribution in [2.24, 2.45) is 5.92 Å². The third-order valence-corrected chi connectivity index (χ3v) is 7.83. The van der Waals surface area contributed by atoms with Gasteiger partial charge >= 0.3 is 0 Å². The molecule has 0 bridgehead atoms. The summed E-state index contributed by atoms with van der Waals surface area (Å²) < 4.78 is 0. The lowest BCUT2D eigenvalue weighted by molar-refractivity contribution is -0.125. The highest BCUT2D eigenvalue weighted by Crippen LogP contribution is 2.33. The van der Waals surface area contributed by atoms with Gasteiger partial charge in [0.2, 0.25) is 5.91 Å². The number of amides is 1. The summed E-state index contributed by atoms with van der Waals surface area (Å²) in [6.45, 7) is 6.98. The number of hydrogen-bond acceptors (Lipinski definition) is 6. The SMILES string of the molecule is CC[C@@H]1CCCCN1CCCNC(=O)[C@H]1CCCN(c2nccnc2Sc2ccccc2)C1. The van der Waals surface area contributed by atoms with Gasteiger partial charge in [0, 0.05) is 49.5 Å². The molecule has 1 amide bonds. The van der Waals surface area contributed by atoms with Gasteiger partial charge in [-0.2, -0.15) is 0 Å². The average Bonchev–Trinajstić information content (AvgIpc) is 2.88. The third-order valence-electron chi connectivity index (χ3n) is 6.84. The topological polar surface area (TPSA) is 61.4 Å². The van der Waals surface area contributed by atoms with E-state index < -0.39 is 0 Å². The molecule has 2 fully saturated rings. The molecule has 33 heavy (non-hydrogen) atoms. The molecule has 0 radical (unpaired) electrons. The monoisotopic (exact) mass is 467 g/mol. The molecule has 6 nitrogen and oxygen atoms in total. The number of nitrogens with zero attached hydrogens (tertiary/aromatic N) is 4. The van der Waals surface area contributed by atoms with Crippen LogP contribution in [0.5, 0.6) is 0 Å². The molecule has 1 aromatic carbocycles. The lowest BCUT2D eigenvalue weighted by Crippen LogP contribution is -2.44. The van der Waals surface area contributed by atoms with E-state index in [2.05, 4.69) is 44.1 Å². The summed E-state index contributed by atoms with van der Waals surface area (Å²) in [6, 6.07) is 11.0. The van der Waals surface area contributed by atoms with Crippen LogP contribution in [0.1, 0.15) is 51.9 Å². The van der Waals surface area contributed by atoms with Crippen LogP contribution in [0.4, 0.5) is 5.82 Å².